The molecular formula is C21H19BrN2O2S. The van der Waals surface area contributed by atoms with Crippen molar-refractivity contribution in [3.63, 3.8) is 0 Å². The summed E-state index contributed by atoms with van der Waals surface area (Å²) in [5.74, 6) is 1.60. The molecule has 138 valence electrons. The molecular weight excluding hydrogens is 424 g/mol. The molecule has 1 aliphatic rings. The monoisotopic (exact) mass is 442 g/mol. The van der Waals surface area contributed by atoms with Crippen LogP contribution in [0.2, 0.25) is 0 Å². The second-order valence-corrected chi connectivity index (χ2v) is 8.02. The maximum absolute atomic E-state index is 5.70. The molecule has 27 heavy (non-hydrogen) atoms. The highest BCUT2D eigenvalue weighted by Crippen LogP contribution is 2.41. The Labute approximate surface area is 171 Å². The van der Waals surface area contributed by atoms with Crippen molar-refractivity contribution in [3.8, 4) is 11.5 Å². The van der Waals surface area contributed by atoms with Gasteiger partial charge in [-0.25, -0.2) is 0 Å². The Morgan fingerprint density at radius 2 is 1.93 bits per heavy atom. The number of ether oxygens (including phenoxy) is 2. The van der Waals surface area contributed by atoms with Crippen LogP contribution in [0.25, 0.3) is 0 Å². The SMILES string of the molecule is COc1cccc(C2CN(c3cccc(Br)c3)N=C2c2cccs2)c1OC. The fraction of sp³-hybridized carbons (Fsp3) is 0.190. The normalized spacial score (nSPS) is 16.3. The molecule has 0 amide bonds. The van der Waals surface area contributed by atoms with Crippen LogP contribution in [0.3, 0.4) is 0 Å². The topological polar surface area (TPSA) is 34.1 Å². The van der Waals surface area contributed by atoms with Gasteiger partial charge in [-0.1, -0.05) is 40.2 Å². The van der Waals surface area contributed by atoms with E-state index in [2.05, 4.69) is 56.7 Å². The lowest BCUT2D eigenvalue weighted by Crippen LogP contribution is -2.18. The minimum Gasteiger partial charge on any atom is -0.493 e. The van der Waals surface area contributed by atoms with E-state index in [-0.39, 0.29) is 5.92 Å². The van der Waals surface area contributed by atoms with Crippen LogP contribution < -0.4 is 14.5 Å². The smallest absolute Gasteiger partial charge is 0.164 e. The third-order valence-electron chi connectivity index (χ3n) is 4.60. The van der Waals surface area contributed by atoms with Crippen molar-refractivity contribution in [2.75, 3.05) is 25.8 Å². The highest BCUT2D eigenvalue weighted by atomic mass is 79.9. The van der Waals surface area contributed by atoms with E-state index in [0.717, 1.165) is 39.5 Å². The van der Waals surface area contributed by atoms with Crippen molar-refractivity contribution in [1.82, 2.24) is 0 Å². The average Bonchev–Trinajstić information content (AvgIpc) is 3.36. The van der Waals surface area contributed by atoms with E-state index < -0.39 is 0 Å². The Morgan fingerprint density at radius 3 is 2.63 bits per heavy atom. The molecule has 1 atom stereocenters. The quantitative estimate of drug-likeness (QED) is 0.520. The number of nitrogens with zero attached hydrogens (tertiary/aromatic N) is 2. The summed E-state index contributed by atoms with van der Waals surface area (Å²) in [5, 5.41) is 9.12. The first-order valence-electron chi connectivity index (χ1n) is 8.57. The summed E-state index contributed by atoms with van der Waals surface area (Å²) in [7, 11) is 3.35. The summed E-state index contributed by atoms with van der Waals surface area (Å²) in [6.07, 6.45) is 0. The molecule has 0 fully saturated rings. The minimum atomic E-state index is 0.0904. The predicted molar refractivity (Wildman–Crippen MR) is 115 cm³/mol. The number of methoxy groups -OCH3 is 2. The Morgan fingerprint density at radius 1 is 1.07 bits per heavy atom. The number of hydrogen-bond acceptors (Lipinski definition) is 5. The third kappa shape index (κ3) is 3.47. The Kier molecular flexibility index (Phi) is 5.18. The van der Waals surface area contributed by atoms with E-state index in [0.29, 0.717) is 0 Å². The second-order valence-electron chi connectivity index (χ2n) is 6.16. The number of rotatable bonds is 5. The summed E-state index contributed by atoms with van der Waals surface area (Å²) in [6.45, 7) is 0.743. The standard InChI is InChI=1S/C21H19BrN2O2S/c1-25-18-9-4-8-16(21(18)26-2)17-13-24(15-7-3-6-14(22)12-15)23-20(17)19-10-5-11-27-19/h3-12,17H,13H2,1-2H3. The summed E-state index contributed by atoms with van der Waals surface area (Å²) in [4.78, 5) is 1.17. The van der Waals surface area contributed by atoms with Crippen molar-refractivity contribution in [1.29, 1.82) is 0 Å². The molecule has 3 aromatic rings. The van der Waals surface area contributed by atoms with Crippen molar-refractivity contribution in [2.45, 2.75) is 5.92 Å². The molecule has 0 N–H and O–H groups in total. The Balaban J connectivity index is 1.80. The van der Waals surface area contributed by atoms with Gasteiger partial charge in [0.25, 0.3) is 0 Å². The van der Waals surface area contributed by atoms with E-state index in [4.69, 9.17) is 14.6 Å². The third-order valence-corrected chi connectivity index (χ3v) is 5.99. The van der Waals surface area contributed by atoms with Crippen LogP contribution in [-0.4, -0.2) is 26.5 Å². The van der Waals surface area contributed by atoms with Gasteiger partial charge in [-0.3, -0.25) is 5.01 Å². The van der Waals surface area contributed by atoms with Gasteiger partial charge in [-0.2, -0.15) is 5.10 Å². The second kappa shape index (κ2) is 7.74. The van der Waals surface area contributed by atoms with Crippen molar-refractivity contribution in [3.05, 3.63) is 74.9 Å². The van der Waals surface area contributed by atoms with Crippen LogP contribution in [0.4, 0.5) is 5.69 Å². The van der Waals surface area contributed by atoms with Crippen LogP contribution in [-0.2, 0) is 0 Å². The number of para-hydroxylation sites is 1. The van der Waals surface area contributed by atoms with Gasteiger partial charge < -0.3 is 9.47 Å². The van der Waals surface area contributed by atoms with E-state index >= 15 is 0 Å². The number of hydrogen-bond donors (Lipinski definition) is 0. The highest BCUT2D eigenvalue weighted by molar-refractivity contribution is 9.10. The first-order chi connectivity index (χ1) is 13.2. The van der Waals surface area contributed by atoms with Gasteiger partial charge in [-0.05, 0) is 35.7 Å². The minimum absolute atomic E-state index is 0.0904. The molecule has 2 aromatic carbocycles. The predicted octanol–water partition coefficient (Wildman–Crippen LogP) is 5.54. The molecule has 6 heteroatoms. The van der Waals surface area contributed by atoms with Crippen LogP contribution in [0.1, 0.15) is 16.4 Å². The molecule has 0 aliphatic carbocycles. The van der Waals surface area contributed by atoms with Crippen LogP contribution in [0, 0.1) is 0 Å². The highest BCUT2D eigenvalue weighted by Gasteiger charge is 2.33. The molecule has 0 radical (unpaired) electrons. The largest absolute Gasteiger partial charge is 0.493 e. The summed E-state index contributed by atoms with van der Waals surface area (Å²) in [5.41, 5.74) is 3.20. The Hall–Kier alpha value is -2.31. The number of anilines is 1. The van der Waals surface area contributed by atoms with E-state index in [1.165, 1.54) is 4.88 Å². The number of benzene rings is 2. The van der Waals surface area contributed by atoms with E-state index in [1.54, 1.807) is 25.6 Å². The fourth-order valence-corrected chi connectivity index (χ4v) is 4.53. The van der Waals surface area contributed by atoms with Crippen molar-refractivity contribution in [2.24, 2.45) is 5.10 Å². The molecule has 1 aliphatic heterocycles. The lowest BCUT2D eigenvalue weighted by Gasteiger charge is -2.19. The molecule has 1 aromatic heterocycles. The first kappa shape index (κ1) is 18.1. The molecule has 0 saturated heterocycles. The lowest BCUT2D eigenvalue weighted by molar-refractivity contribution is 0.351. The molecule has 4 rings (SSSR count). The van der Waals surface area contributed by atoms with Gasteiger partial charge in [0.15, 0.2) is 11.5 Å². The summed E-state index contributed by atoms with van der Waals surface area (Å²) >= 11 is 5.26. The molecule has 0 saturated carbocycles. The van der Waals surface area contributed by atoms with Gasteiger partial charge in [0.2, 0.25) is 0 Å². The van der Waals surface area contributed by atoms with Crippen LogP contribution >= 0.6 is 27.3 Å². The van der Waals surface area contributed by atoms with Crippen LogP contribution in [0.5, 0.6) is 11.5 Å². The van der Waals surface area contributed by atoms with E-state index in [1.807, 2.05) is 24.3 Å². The summed E-state index contributed by atoms with van der Waals surface area (Å²) in [6, 6.07) is 18.4. The van der Waals surface area contributed by atoms with Crippen molar-refractivity contribution >= 4 is 38.7 Å². The molecule has 0 bridgehead atoms. The van der Waals surface area contributed by atoms with Gasteiger partial charge >= 0.3 is 0 Å². The number of hydrazone groups is 1. The first-order valence-corrected chi connectivity index (χ1v) is 10.2. The summed E-state index contributed by atoms with van der Waals surface area (Å²) < 4.78 is 12.2. The average molecular weight is 443 g/mol. The van der Waals surface area contributed by atoms with Gasteiger partial charge in [0.1, 0.15) is 0 Å². The van der Waals surface area contributed by atoms with Gasteiger partial charge in [-0.15, -0.1) is 11.3 Å². The zero-order valence-electron chi connectivity index (χ0n) is 15.1. The van der Waals surface area contributed by atoms with Crippen LogP contribution in [0.15, 0.2) is 69.6 Å². The zero-order chi connectivity index (χ0) is 18.8. The maximum Gasteiger partial charge on any atom is 0.164 e. The maximum atomic E-state index is 5.70. The fourth-order valence-electron chi connectivity index (χ4n) is 3.38. The lowest BCUT2D eigenvalue weighted by atomic mass is 9.92. The number of thiophene rings is 1. The van der Waals surface area contributed by atoms with Gasteiger partial charge in [0, 0.05) is 10.0 Å². The molecule has 4 nitrogen and oxygen atoms in total. The van der Waals surface area contributed by atoms with Crippen molar-refractivity contribution < 1.29 is 9.47 Å². The van der Waals surface area contributed by atoms with E-state index in [9.17, 15) is 0 Å². The molecule has 0 spiro atoms. The van der Waals surface area contributed by atoms with Gasteiger partial charge in [0.05, 0.1) is 43.0 Å². The molecule has 2 heterocycles. The molecule has 1 unspecified atom stereocenters. The number of halogens is 1. The Bertz CT molecular complexity index is 972. The zero-order valence-corrected chi connectivity index (χ0v) is 17.5.